The molecule has 7 nitrogen and oxygen atoms in total. The number of aryl methyl sites for hydroxylation is 1. The third-order valence-corrected chi connectivity index (χ3v) is 5.64. The molecule has 28 heavy (non-hydrogen) atoms. The Balaban J connectivity index is 1.66. The van der Waals surface area contributed by atoms with Crippen LogP contribution < -0.4 is 5.32 Å². The highest BCUT2D eigenvalue weighted by Crippen LogP contribution is 2.34. The van der Waals surface area contributed by atoms with Crippen molar-refractivity contribution in [2.45, 2.75) is 32.1 Å². The lowest BCUT2D eigenvalue weighted by atomic mass is 9.88. The fourth-order valence-corrected chi connectivity index (χ4v) is 3.69. The van der Waals surface area contributed by atoms with Crippen LogP contribution in [0.1, 0.15) is 30.7 Å². The third kappa shape index (κ3) is 5.36. The van der Waals surface area contributed by atoms with Gasteiger partial charge in [-0.1, -0.05) is 42.4 Å². The molecule has 3 rings (SSSR count). The highest BCUT2D eigenvalue weighted by Gasteiger charge is 2.28. The molecule has 2 aliphatic rings. The van der Waals surface area contributed by atoms with Crippen LogP contribution in [0.15, 0.2) is 45.9 Å². The molecule has 9 heteroatoms. The van der Waals surface area contributed by atoms with Crippen LogP contribution in [0.5, 0.6) is 0 Å². The predicted molar refractivity (Wildman–Crippen MR) is 113 cm³/mol. The summed E-state index contributed by atoms with van der Waals surface area (Å²) in [6, 6.07) is 0. The monoisotopic (exact) mass is 419 g/mol. The van der Waals surface area contributed by atoms with E-state index in [-0.39, 0.29) is 5.91 Å². The molecule has 0 spiro atoms. The Morgan fingerprint density at radius 1 is 1.50 bits per heavy atom. The topological polar surface area (TPSA) is 88.8 Å². The van der Waals surface area contributed by atoms with Gasteiger partial charge in [-0.25, -0.2) is 4.99 Å². The van der Waals surface area contributed by atoms with Crippen molar-refractivity contribution in [1.29, 1.82) is 0 Å². The minimum absolute atomic E-state index is 0.181. The van der Waals surface area contributed by atoms with Crippen molar-refractivity contribution in [3.05, 3.63) is 40.9 Å². The van der Waals surface area contributed by atoms with Gasteiger partial charge in [-0.15, -0.1) is 10.2 Å². The number of nitrogens with zero attached hydrogens (tertiary/aromatic N) is 4. The van der Waals surface area contributed by atoms with Crippen molar-refractivity contribution in [3.8, 4) is 0 Å². The molecule has 1 atom stereocenters. The number of allylic oxidation sites excluding steroid dienone is 1. The van der Waals surface area contributed by atoms with Crippen LogP contribution in [0.4, 0.5) is 5.13 Å². The number of ether oxygens (including phenoxy) is 1. The van der Waals surface area contributed by atoms with E-state index in [0.717, 1.165) is 29.4 Å². The molecule has 0 saturated heterocycles. The summed E-state index contributed by atoms with van der Waals surface area (Å²) >= 11 is 6.90. The normalized spacial score (nSPS) is 19.6. The van der Waals surface area contributed by atoms with Gasteiger partial charge in [0.15, 0.2) is 0 Å². The third-order valence-electron chi connectivity index (χ3n) is 4.63. The van der Waals surface area contributed by atoms with E-state index in [2.05, 4.69) is 32.1 Å². The van der Waals surface area contributed by atoms with Gasteiger partial charge in [0, 0.05) is 24.4 Å². The lowest BCUT2D eigenvalue weighted by Crippen LogP contribution is -2.27. The first-order chi connectivity index (χ1) is 13.6. The quantitative estimate of drug-likeness (QED) is 0.370. The lowest BCUT2D eigenvalue weighted by molar-refractivity contribution is -0.118. The van der Waals surface area contributed by atoms with E-state index in [0.29, 0.717) is 28.5 Å². The summed E-state index contributed by atoms with van der Waals surface area (Å²) in [5.41, 5.74) is 2.32. The molecule has 2 heterocycles. The highest BCUT2D eigenvalue weighted by atomic mass is 35.5. The van der Waals surface area contributed by atoms with Gasteiger partial charge in [-0.3, -0.25) is 15.1 Å². The number of methoxy groups -OCH3 is 1. The Kier molecular flexibility index (Phi) is 7.11. The maximum Gasteiger partial charge on any atom is 0.234 e. The number of hydrogen-bond donors (Lipinski definition) is 1. The molecular weight excluding hydrogens is 398 g/mol. The molecule has 0 radical (unpaired) electrons. The molecule has 0 bridgehead atoms. The summed E-state index contributed by atoms with van der Waals surface area (Å²) in [6.07, 6.45) is 9.92. The van der Waals surface area contributed by atoms with Gasteiger partial charge in [-0.2, -0.15) is 0 Å². The first-order valence-corrected chi connectivity index (χ1v) is 10.3. The molecule has 1 saturated carbocycles. The molecule has 0 aromatic carbocycles. The predicted octanol–water partition coefficient (Wildman–Crippen LogP) is 4.10. The average Bonchev–Trinajstić information content (AvgIpc) is 3.45. The molecule has 148 valence electrons. The van der Waals surface area contributed by atoms with Crippen molar-refractivity contribution >= 4 is 45.9 Å². The smallest absolute Gasteiger partial charge is 0.234 e. The van der Waals surface area contributed by atoms with E-state index in [9.17, 15) is 4.79 Å². The zero-order valence-electron chi connectivity index (χ0n) is 15.6. The Bertz CT molecular complexity index is 854. The second kappa shape index (κ2) is 9.75. The second-order valence-electron chi connectivity index (χ2n) is 6.60. The Hall–Kier alpha value is -2.32. The number of halogens is 1. The SMILES string of the molecule is C=C(C1=CN=CCC1C(=O)Nc1nnc(CCC2CC2)s1)/C(=C\N=CCl)OC. The van der Waals surface area contributed by atoms with Crippen molar-refractivity contribution in [1.82, 2.24) is 10.2 Å². The van der Waals surface area contributed by atoms with Crippen LogP contribution in [0, 0.1) is 11.8 Å². The average molecular weight is 420 g/mol. The Labute approximate surface area is 173 Å². The van der Waals surface area contributed by atoms with Crippen molar-refractivity contribution in [2.24, 2.45) is 21.8 Å². The van der Waals surface area contributed by atoms with Gasteiger partial charge in [0.2, 0.25) is 11.0 Å². The summed E-state index contributed by atoms with van der Waals surface area (Å²) in [6.45, 7) is 4.04. The molecule has 1 aliphatic carbocycles. The van der Waals surface area contributed by atoms with E-state index in [4.69, 9.17) is 16.3 Å². The molecule has 1 aromatic heterocycles. The van der Waals surface area contributed by atoms with Gasteiger partial charge in [-0.05, 0) is 24.3 Å². The van der Waals surface area contributed by atoms with Crippen molar-refractivity contribution in [2.75, 3.05) is 12.4 Å². The molecule has 1 unspecified atom stereocenters. The summed E-state index contributed by atoms with van der Waals surface area (Å²) in [7, 11) is 1.51. The molecule has 1 aliphatic heterocycles. The van der Waals surface area contributed by atoms with Crippen LogP contribution in [0.2, 0.25) is 0 Å². The second-order valence-corrected chi connectivity index (χ2v) is 7.86. The first kappa shape index (κ1) is 20.4. The molecular formula is C19H22ClN5O2S. The van der Waals surface area contributed by atoms with Crippen LogP contribution >= 0.6 is 22.9 Å². The van der Waals surface area contributed by atoms with Crippen LogP contribution in [0.3, 0.4) is 0 Å². The van der Waals surface area contributed by atoms with E-state index >= 15 is 0 Å². The van der Waals surface area contributed by atoms with Crippen molar-refractivity contribution < 1.29 is 9.53 Å². The number of anilines is 1. The van der Waals surface area contributed by atoms with Gasteiger partial charge in [0.05, 0.1) is 24.9 Å². The van der Waals surface area contributed by atoms with Crippen LogP contribution in [-0.2, 0) is 16.0 Å². The van der Waals surface area contributed by atoms with Gasteiger partial charge < -0.3 is 4.74 Å². The van der Waals surface area contributed by atoms with Gasteiger partial charge in [0.1, 0.15) is 10.8 Å². The number of aromatic nitrogens is 2. The number of amides is 1. The highest BCUT2D eigenvalue weighted by molar-refractivity contribution is 7.15. The maximum atomic E-state index is 12.9. The van der Waals surface area contributed by atoms with Crippen LogP contribution in [-0.4, -0.2) is 35.1 Å². The zero-order chi connectivity index (χ0) is 19.9. The van der Waals surface area contributed by atoms with E-state index in [1.54, 1.807) is 12.4 Å². The minimum Gasteiger partial charge on any atom is -0.495 e. The maximum absolute atomic E-state index is 12.9. The molecule has 1 amide bonds. The number of hydrogen-bond acceptors (Lipinski definition) is 7. The minimum atomic E-state index is -0.456. The van der Waals surface area contributed by atoms with E-state index in [1.165, 1.54) is 37.5 Å². The molecule has 1 fully saturated rings. The zero-order valence-corrected chi connectivity index (χ0v) is 17.2. The Morgan fingerprint density at radius 2 is 2.32 bits per heavy atom. The first-order valence-electron chi connectivity index (χ1n) is 9.03. The number of nitrogens with one attached hydrogen (secondary N) is 1. The largest absolute Gasteiger partial charge is 0.495 e. The van der Waals surface area contributed by atoms with E-state index < -0.39 is 5.92 Å². The summed E-state index contributed by atoms with van der Waals surface area (Å²) in [5, 5.41) is 12.6. The molecule has 1 N–H and O–H groups in total. The van der Waals surface area contributed by atoms with E-state index in [1.807, 2.05) is 0 Å². The Morgan fingerprint density at radius 3 is 3.04 bits per heavy atom. The lowest BCUT2D eigenvalue weighted by Gasteiger charge is -2.22. The number of carbonyl (C=O) groups excluding carboxylic acids is 1. The number of rotatable bonds is 9. The standard InChI is InChI=1S/C19H22ClN5O2S/c1-12(16(27-2)10-22-11-20)15-9-21-8-7-14(15)18(26)23-19-25-24-17(28-19)6-5-13-3-4-13/h8-11,13-14H,1,3-7H2,2H3,(H,23,25,26)/b16-10+,22-11?. The summed E-state index contributed by atoms with van der Waals surface area (Å²) in [4.78, 5) is 20.9. The fraction of sp³-hybridized carbons (Fsp3) is 0.421. The summed E-state index contributed by atoms with van der Waals surface area (Å²) < 4.78 is 5.31. The van der Waals surface area contributed by atoms with Gasteiger partial charge >= 0.3 is 0 Å². The number of aliphatic imine (C=N–C) groups is 2. The molecule has 1 aromatic rings. The fourth-order valence-electron chi connectivity index (χ4n) is 2.88. The number of carbonyl (C=O) groups is 1. The van der Waals surface area contributed by atoms with Gasteiger partial charge in [0.25, 0.3) is 0 Å². The van der Waals surface area contributed by atoms with Crippen LogP contribution in [0.25, 0.3) is 0 Å². The summed E-state index contributed by atoms with van der Waals surface area (Å²) in [5.74, 6) is 0.617. The van der Waals surface area contributed by atoms with Crippen molar-refractivity contribution in [3.63, 3.8) is 0 Å².